The van der Waals surface area contributed by atoms with Crippen molar-refractivity contribution in [3.63, 3.8) is 0 Å². The molecule has 0 aliphatic carbocycles. The number of rotatable bonds is 5. The molecule has 0 atom stereocenters. The quantitative estimate of drug-likeness (QED) is 0.351. The summed E-state index contributed by atoms with van der Waals surface area (Å²) in [4.78, 5) is 0. The molecule has 0 aliphatic rings. The van der Waals surface area contributed by atoms with Crippen molar-refractivity contribution in [2.75, 3.05) is 0 Å². The molecule has 2 aromatic rings. The van der Waals surface area contributed by atoms with Crippen molar-refractivity contribution >= 4 is 17.6 Å². The topological polar surface area (TPSA) is 47.6 Å². The van der Waals surface area contributed by atoms with Crippen LogP contribution in [0, 0.1) is 36.5 Å². The number of hydrogen-bond donors (Lipinski definition) is 1. The van der Waals surface area contributed by atoms with E-state index < -0.39 is 0 Å². The largest absolute Gasteiger partial charge is 0.313 e. The maximum Gasteiger partial charge on any atom is 0.0991 e. The first-order valence-electron chi connectivity index (χ1n) is 12.0. The lowest BCUT2D eigenvalue weighted by Crippen LogP contribution is -1.83. The fraction of sp³-hybridized carbons (Fsp3) is 0.517. The van der Waals surface area contributed by atoms with E-state index in [1.54, 1.807) is 11.3 Å². The second kappa shape index (κ2) is 28.8. The minimum Gasteiger partial charge on any atom is -0.313 e. The molecule has 2 rings (SSSR count). The number of aryl methyl sites for hydroxylation is 2. The monoisotopic (exact) mass is 458 g/mol. The molecule has 1 heterocycles. The Bertz CT molecular complexity index is 706. The lowest BCUT2D eigenvalue weighted by Gasteiger charge is -2.03. The molecule has 1 aromatic heterocycles. The maximum absolute atomic E-state index is 8.91. The molecule has 0 fully saturated rings. The van der Waals surface area contributed by atoms with Gasteiger partial charge in [0.15, 0.2) is 0 Å². The van der Waals surface area contributed by atoms with Crippen LogP contribution in [0.3, 0.4) is 0 Å². The minimum atomic E-state index is 0.732. The van der Waals surface area contributed by atoms with E-state index in [1.165, 1.54) is 17.3 Å². The lowest BCUT2D eigenvalue weighted by molar-refractivity contribution is 0.664. The summed E-state index contributed by atoms with van der Waals surface area (Å²) in [7, 11) is 0. The number of thiophene rings is 1. The molecule has 1 N–H and O–H groups in total. The Morgan fingerprint density at radius 2 is 1.59 bits per heavy atom. The van der Waals surface area contributed by atoms with Crippen molar-refractivity contribution in [3.8, 4) is 17.2 Å². The van der Waals surface area contributed by atoms with Crippen molar-refractivity contribution in [2.24, 2.45) is 5.92 Å². The molecule has 0 aliphatic heterocycles. The lowest BCUT2D eigenvalue weighted by atomic mass is 10.0. The highest BCUT2D eigenvalue weighted by atomic mass is 32.1. The number of benzene rings is 1. The fourth-order valence-electron chi connectivity index (χ4n) is 2.14. The zero-order valence-corrected chi connectivity index (χ0v) is 23.6. The summed E-state index contributed by atoms with van der Waals surface area (Å²) in [6, 6.07) is 8.17. The molecule has 0 saturated carbocycles. The highest BCUT2D eigenvalue weighted by molar-refractivity contribution is 7.08. The highest BCUT2D eigenvalue weighted by Crippen LogP contribution is 2.28. The van der Waals surface area contributed by atoms with Crippen LogP contribution < -0.4 is 0 Å². The van der Waals surface area contributed by atoms with E-state index in [4.69, 9.17) is 10.7 Å². The SMILES string of the molecule is C=CCC(C)C.CC.CC.CC.CCCC=N.Cc1cc(C#N)cc(-c2cscc2C)c1. The van der Waals surface area contributed by atoms with Crippen LogP contribution in [0.4, 0.5) is 0 Å². The van der Waals surface area contributed by atoms with E-state index in [2.05, 4.69) is 57.2 Å². The third-order valence-electron chi connectivity index (χ3n) is 3.44. The van der Waals surface area contributed by atoms with Crippen LogP contribution in [-0.2, 0) is 0 Å². The standard InChI is InChI=1S/C13H11NS.C6H12.C4H9N.3C2H6/c1-9-3-11(6-14)5-12(4-9)13-8-15-7-10(13)2;1-4-5-6(2)3;1-2-3-4-5;3*1-2/h3-5,7-8H,1-2H3;4,6H,1,5H2,2-3H3;4-5H,2-3H2,1H3;3*1-2H3. The van der Waals surface area contributed by atoms with E-state index >= 15 is 0 Å². The predicted octanol–water partition coefficient (Wildman–Crippen LogP) is 10.6. The Hall–Kier alpha value is -2.18. The van der Waals surface area contributed by atoms with Gasteiger partial charge in [0.2, 0.25) is 0 Å². The molecule has 3 heteroatoms. The van der Waals surface area contributed by atoms with Crippen LogP contribution in [0.15, 0.2) is 41.6 Å². The van der Waals surface area contributed by atoms with Gasteiger partial charge < -0.3 is 5.41 Å². The molecule has 182 valence electrons. The summed E-state index contributed by atoms with van der Waals surface area (Å²) < 4.78 is 0. The predicted molar refractivity (Wildman–Crippen MR) is 151 cm³/mol. The van der Waals surface area contributed by atoms with E-state index in [9.17, 15) is 0 Å². The zero-order valence-electron chi connectivity index (χ0n) is 22.8. The Labute approximate surface area is 204 Å². The average Bonchev–Trinajstić information content (AvgIpc) is 3.24. The van der Waals surface area contributed by atoms with E-state index in [0.717, 1.165) is 41.9 Å². The molecular formula is C29H50N2S. The number of hydrogen-bond acceptors (Lipinski definition) is 3. The number of allylic oxidation sites excluding steroid dienone is 1. The van der Waals surface area contributed by atoms with E-state index in [-0.39, 0.29) is 0 Å². The first-order chi connectivity index (χ1) is 15.4. The molecule has 2 nitrogen and oxygen atoms in total. The van der Waals surface area contributed by atoms with Gasteiger partial charge in [0.1, 0.15) is 0 Å². The van der Waals surface area contributed by atoms with Crippen LogP contribution in [0.5, 0.6) is 0 Å². The van der Waals surface area contributed by atoms with Gasteiger partial charge in [-0.25, -0.2) is 0 Å². The van der Waals surface area contributed by atoms with Crippen LogP contribution >= 0.6 is 11.3 Å². The van der Waals surface area contributed by atoms with Gasteiger partial charge >= 0.3 is 0 Å². The number of unbranched alkanes of at least 4 members (excludes halogenated alkanes) is 1. The minimum absolute atomic E-state index is 0.732. The van der Waals surface area contributed by atoms with Crippen molar-refractivity contribution in [1.82, 2.24) is 0 Å². The summed E-state index contributed by atoms with van der Waals surface area (Å²) in [5.41, 5.74) is 5.52. The smallest absolute Gasteiger partial charge is 0.0991 e. The summed E-state index contributed by atoms with van der Waals surface area (Å²) in [6.45, 7) is 26.1. The fourth-order valence-corrected chi connectivity index (χ4v) is 2.99. The molecule has 0 unspecified atom stereocenters. The van der Waals surface area contributed by atoms with Crippen molar-refractivity contribution in [1.29, 1.82) is 10.7 Å². The van der Waals surface area contributed by atoms with Gasteiger partial charge in [0.05, 0.1) is 11.6 Å². The average molecular weight is 459 g/mol. The molecule has 0 spiro atoms. The Kier molecular flexibility index (Phi) is 33.5. The molecule has 0 radical (unpaired) electrons. The van der Waals surface area contributed by atoms with Crippen molar-refractivity contribution < 1.29 is 0 Å². The number of nitrogens with zero attached hydrogens (tertiary/aromatic N) is 1. The normalized spacial score (nSPS) is 8.09. The second-order valence-electron chi connectivity index (χ2n) is 6.58. The van der Waals surface area contributed by atoms with Crippen molar-refractivity contribution in [3.05, 3.63) is 58.3 Å². The molecule has 1 aromatic carbocycles. The summed E-state index contributed by atoms with van der Waals surface area (Å²) >= 11 is 1.70. The van der Waals surface area contributed by atoms with Crippen LogP contribution in [0.25, 0.3) is 11.1 Å². The third kappa shape index (κ3) is 21.1. The first-order valence-corrected chi connectivity index (χ1v) is 13.0. The van der Waals surface area contributed by atoms with Crippen LogP contribution in [0.2, 0.25) is 0 Å². The summed E-state index contributed by atoms with van der Waals surface area (Å²) in [5, 5.41) is 19.6. The molecular weight excluding hydrogens is 408 g/mol. The number of nitriles is 1. The maximum atomic E-state index is 8.91. The van der Waals surface area contributed by atoms with Gasteiger partial charge in [0, 0.05) is 0 Å². The Morgan fingerprint density at radius 3 is 1.88 bits per heavy atom. The Morgan fingerprint density at radius 1 is 1.03 bits per heavy atom. The summed E-state index contributed by atoms with van der Waals surface area (Å²) in [5.74, 6) is 0.780. The highest BCUT2D eigenvalue weighted by Gasteiger charge is 2.04. The molecule has 0 saturated heterocycles. The first kappa shape index (κ1) is 37.2. The van der Waals surface area contributed by atoms with E-state index in [0.29, 0.717) is 0 Å². The van der Waals surface area contributed by atoms with Crippen LogP contribution in [-0.4, -0.2) is 6.21 Å². The molecule has 32 heavy (non-hydrogen) atoms. The zero-order chi connectivity index (χ0) is 25.9. The molecule has 0 amide bonds. The molecule has 0 bridgehead atoms. The van der Waals surface area contributed by atoms with E-state index in [1.807, 2.05) is 66.7 Å². The Balaban J connectivity index is -0.000000193. The van der Waals surface area contributed by atoms with Crippen LogP contribution in [0.1, 0.15) is 98.3 Å². The number of nitrogens with one attached hydrogen (secondary N) is 1. The van der Waals surface area contributed by atoms with Gasteiger partial charge in [-0.15, -0.1) is 6.58 Å². The van der Waals surface area contributed by atoms with Crippen molar-refractivity contribution in [2.45, 2.75) is 95.4 Å². The summed E-state index contributed by atoms with van der Waals surface area (Å²) in [6.07, 6.45) is 6.55. The van der Waals surface area contributed by atoms with Gasteiger partial charge in [-0.1, -0.05) is 80.9 Å². The second-order valence-corrected chi connectivity index (χ2v) is 7.32. The van der Waals surface area contributed by atoms with Gasteiger partial charge in [-0.05, 0) is 84.0 Å². The van der Waals surface area contributed by atoms with Gasteiger partial charge in [0.25, 0.3) is 0 Å². The third-order valence-corrected chi connectivity index (χ3v) is 4.31. The van der Waals surface area contributed by atoms with Gasteiger partial charge in [-0.3, -0.25) is 0 Å². The van der Waals surface area contributed by atoms with Gasteiger partial charge in [-0.2, -0.15) is 16.6 Å².